The topological polar surface area (TPSA) is 80.1 Å². The van der Waals surface area contributed by atoms with Gasteiger partial charge in [0.25, 0.3) is 0 Å². The van der Waals surface area contributed by atoms with Crippen LogP contribution in [0.1, 0.15) is 5.82 Å². The van der Waals surface area contributed by atoms with Crippen molar-refractivity contribution >= 4 is 22.8 Å². The van der Waals surface area contributed by atoms with Gasteiger partial charge in [0.2, 0.25) is 11.8 Å². The van der Waals surface area contributed by atoms with E-state index in [4.69, 9.17) is 14.5 Å². The summed E-state index contributed by atoms with van der Waals surface area (Å²) in [6.45, 7) is 6.01. The molecule has 2 aliphatic rings. The Balaban J connectivity index is 1.20. The molecule has 0 N–H and O–H groups in total. The molecule has 0 unspecified atom stereocenters. The van der Waals surface area contributed by atoms with E-state index in [9.17, 15) is 9.59 Å². The van der Waals surface area contributed by atoms with E-state index in [-0.39, 0.29) is 25.0 Å². The Morgan fingerprint density at radius 3 is 2.14 bits per heavy atom. The maximum atomic E-state index is 13.2. The summed E-state index contributed by atoms with van der Waals surface area (Å²) < 4.78 is 13.2. The molecule has 0 bridgehead atoms. The van der Waals surface area contributed by atoms with Gasteiger partial charge < -0.3 is 23.8 Å². The molecule has 35 heavy (non-hydrogen) atoms. The van der Waals surface area contributed by atoms with E-state index in [0.29, 0.717) is 51.8 Å². The van der Waals surface area contributed by atoms with E-state index >= 15 is 0 Å². The Morgan fingerprint density at radius 1 is 0.800 bits per heavy atom. The van der Waals surface area contributed by atoms with Crippen molar-refractivity contribution in [2.75, 3.05) is 59.0 Å². The zero-order chi connectivity index (χ0) is 24.0. The van der Waals surface area contributed by atoms with Crippen molar-refractivity contribution in [3.05, 3.63) is 60.4 Å². The van der Waals surface area contributed by atoms with Gasteiger partial charge in [0.1, 0.15) is 24.7 Å². The minimum atomic E-state index is 0.0226. The number of hydrogen-bond acceptors (Lipinski definition) is 6. The highest BCUT2D eigenvalue weighted by Gasteiger charge is 2.26. The molecule has 5 rings (SSSR count). The maximum Gasteiger partial charge on any atom is 0.242 e. The predicted molar refractivity (Wildman–Crippen MR) is 131 cm³/mol. The number of fused-ring (bicyclic) bond motifs is 1. The van der Waals surface area contributed by atoms with E-state index < -0.39 is 0 Å². The number of hydrogen-bond donors (Lipinski definition) is 0. The van der Waals surface area contributed by atoms with Crippen molar-refractivity contribution in [3.8, 4) is 5.75 Å². The number of carbonyl (C=O) groups is 2. The number of imidazole rings is 1. The van der Waals surface area contributed by atoms with Crippen molar-refractivity contribution in [2.24, 2.45) is 0 Å². The summed E-state index contributed by atoms with van der Waals surface area (Å²) in [4.78, 5) is 36.5. The molecule has 3 heterocycles. The Bertz CT molecular complexity index is 1150. The summed E-state index contributed by atoms with van der Waals surface area (Å²) in [6.07, 6.45) is 0. The number of ether oxygens (including phenoxy) is 2. The normalized spacial score (nSPS) is 17.0. The number of benzene rings is 2. The molecular weight excluding hydrogens is 446 g/mol. The van der Waals surface area contributed by atoms with Gasteiger partial charge in [-0.15, -0.1) is 0 Å². The van der Waals surface area contributed by atoms with Crippen molar-refractivity contribution in [1.82, 2.24) is 24.3 Å². The Hall–Kier alpha value is -3.43. The summed E-state index contributed by atoms with van der Waals surface area (Å²) in [5.41, 5.74) is 1.75. The molecule has 2 fully saturated rings. The molecule has 184 valence electrons. The fourth-order valence-corrected chi connectivity index (χ4v) is 4.57. The second-order valence-electron chi connectivity index (χ2n) is 8.85. The molecule has 1 aromatic heterocycles. The van der Waals surface area contributed by atoms with E-state index in [1.165, 1.54) is 0 Å². The highest BCUT2D eigenvalue weighted by atomic mass is 16.5. The molecule has 9 nitrogen and oxygen atoms in total. The first-order valence-electron chi connectivity index (χ1n) is 12.1. The Morgan fingerprint density at radius 2 is 1.43 bits per heavy atom. The largest absolute Gasteiger partial charge is 0.486 e. The summed E-state index contributed by atoms with van der Waals surface area (Å²) >= 11 is 0. The van der Waals surface area contributed by atoms with Crippen LogP contribution in [-0.2, 0) is 27.5 Å². The van der Waals surface area contributed by atoms with Crippen molar-refractivity contribution < 1.29 is 19.1 Å². The molecule has 0 spiro atoms. The number of piperazine rings is 1. The third-order valence-electron chi connectivity index (χ3n) is 6.59. The standard InChI is InChI=1S/C26H31N5O4/c32-25(18-28-14-16-34-17-15-28)29-10-12-30(13-11-29)26(33)19-31-23-9-5-4-8-22(23)27-24(31)20-35-21-6-2-1-3-7-21/h1-9H,10-20H2. The highest BCUT2D eigenvalue weighted by molar-refractivity contribution is 5.82. The number of carbonyl (C=O) groups excluding carboxylic acids is 2. The first kappa shape index (κ1) is 23.3. The molecule has 2 amide bonds. The maximum absolute atomic E-state index is 13.2. The summed E-state index contributed by atoms with van der Waals surface area (Å²) in [5, 5.41) is 0. The summed E-state index contributed by atoms with van der Waals surface area (Å²) in [5.74, 6) is 1.62. The van der Waals surface area contributed by atoms with Gasteiger partial charge in [0, 0.05) is 39.3 Å². The molecule has 9 heteroatoms. The first-order valence-corrected chi connectivity index (χ1v) is 12.1. The lowest BCUT2D eigenvalue weighted by Crippen LogP contribution is -2.53. The number of aromatic nitrogens is 2. The molecule has 0 aliphatic carbocycles. The molecule has 0 atom stereocenters. The monoisotopic (exact) mass is 477 g/mol. The van der Waals surface area contributed by atoms with Gasteiger partial charge in [0.05, 0.1) is 30.8 Å². The van der Waals surface area contributed by atoms with Gasteiger partial charge in [-0.2, -0.15) is 0 Å². The van der Waals surface area contributed by atoms with Crippen LogP contribution in [0.5, 0.6) is 5.75 Å². The van der Waals surface area contributed by atoms with Crippen molar-refractivity contribution in [1.29, 1.82) is 0 Å². The zero-order valence-electron chi connectivity index (χ0n) is 19.8. The second kappa shape index (κ2) is 10.9. The minimum absolute atomic E-state index is 0.0226. The zero-order valence-corrected chi connectivity index (χ0v) is 19.8. The fraction of sp³-hybridized carbons (Fsp3) is 0.423. The van der Waals surface area contributed by atoms with Gasteiger partial charge in [-0.1, -0.05) is 30.3 Å². The predicted octanol–water partition coefficient (Wildman–Crippen LogP) is 1.62. The van der Waals surface area contributed by atoms with Gasteiger partial charge in [0.15, 0.2) is 0 Å². The van der Waals surface area contributed by atoms with Crippen LogP contribution >= 0.6 is 0 Å². The number of rotatable bonds is 7. The Kier molecular flexibility index (Phi) is 7.25. The molecule has 0 saturated carbocycles. The molecule has 2 aromatic carbocycles. The Labute approximate surface area is 204 Å². The summed E-state index contributed by atoms with van der Waals surface area (Å²) in [7, 11) is 0. The fourth-order valence-electron chi connectivity index (χ4n) is 4.57. The van der Waals surface area contributed by atoms with E-state index in [1.807, 2.05) is 69.0 Å². The van der Waals surface area contributed by atoms with E-state index in [0.717, 1.165) is 29.9 Å². The molecule has 0 radical (unpaired) electrons. The quantitative estimate of drug-likeness (QED) is 0.515. The van der Waals surface area contributed by atoms with Gasteiger partial charge in [-0.05, 0) is 24.3 Å². The molecular formula is C26H31N5O4. The average Bonchev–Trinajstić information content (AvgIpc) is 3.26. The van der Waals surface area contributed by atoms with E-state index in [1.54, 1.807) is 0 Å². The number of amides is 2. The van der Waals surface area contributed by atoms with Gasteiger partial charge in [-0.3, -0.25) is 14.5 Å². The van der Waals surface area contributed by atoms with E-state index in [2.05, 4.69) is 4.90 Å². The lowest BCUT2D eigenvalue weighted by Gasteiger charge is -2.36. The number of para-hydroxylation sites is 3. The van der Waals surface area contributed by atoms with Crippen molar-refractivity contribution in [3.63, 3.8) is 0 Å². The SMILES string of the molecule is O=C(CN1CCOCC1)N1CCN(C(=O)Cn2c(COc3ccccc3)nc3ccccc32)CC1. The van der Waals surface area contributed by atoms with Crippen LogP contribution in [0.3, 0.4) is 0 Å². The molecule has 2 saturated heterocycles. The third kappa shape index (κ3) is 5.63. The number of nitrogens with zero attached hydrogens (tertiary/aromatic N) is 5. The van der Waals surface area contributed by atoms with Crippen LogP contribution in [0.4, 0.5) is 0 Å². The molecule has 2 aliphatic heterocycles. The summed E-state index contributed by atoms with van der Waals surface area (Å²) in [6, 6.07) is 17.4. The lowest BCUT2D eigenvalue weighted by atomic mass is 10.2. The van der Waals surface area contributed by atoms with Crippen LogP contribution in [0.2, 0.25) is 0 Å². The minimum Gasteiger partial charge on any atom is -0.486 e. The first-order chi connectivity index (χ1) is 17.2. The molecule has 3 aromatic rings. The van der Waals surface area contributed by atoms with Crippen LogP contribution < -0.4 is 4.74 Å². The highest BCUT2D eigenvalue weighted by Crippen LogP contribution is 2.19. The van der Waals surface area contributed by atoms with Gasteiger partial charge >= 0.3 is 0 Å². The van der Waals surface area contributed by atoms with Crippen LogP contribution in [0.15, 0.2) is 54.6 Å². The smallest absolute Gasteiger partial charge is 0.242 e. The van der Waals surface area contributed by atoms with Crippen LogP contribution in [0, 0.1) is 0 Å². The van der Waals surface area contributed by atoms with Crippen LogP contribution in [0.25, 0.3) is 11.0 Å². The lowest BCUT2D eigenvalue weighted by molar-refractivity contribution is -0.141. The third-order valence-corrected chi connectivity index (χ3v) is 6.59. The number of morpholine rings is 1. The second-order valence-corrected chi connectivity index (χ2v) is 8.85. The van der Waals surface area contributed by atoms with Crippen LogP contribution in [-0.4, -0.2) is 95.1 Å². The average molecular weight is 478 g/mol. The van der Waals surface area contributed by atoms with Crippen molar-refractivity contribution in [2.45, 2.75) is 13.2 Å². The van der Waals surface area contributed by atoms with Gasteiger partial charge in [-0.25, -0.2) is 4.98 Å².